The summed E-state index contributed by atoms with van der Waals surface area (Å²) < 4.78 is 8.72. The quantitative estimate of drug-likeness (QED) is 0.0552. The van der Waals surface area contributed by atoms with E-state index < -0.39 is 0 Å². The van der Waals surface area contributed by atoms with Crippen molar-refractivity contribution < 1.29 is 4.74 Å². The van der Waals surface area contributed by atoms with Crippen molar-refractivity contribution in [1.82, 2.24) is 0 Å². The predicted molar refractivity (Wildman–Crippen MR) is 465 cm³/mol. The number of ether oxygens (including phenoxy) is 1. The normalized spacial score (nSPS) is 12.2. The molecule has 608 valence electrons. The maximum Gasteiger partial charge on any atom is 0.0690 e. The van der Waals surface area contributed by atoms with Crippen LogP contribution in [-0.2, 0) is 4.74 Å². The van der Waals surface area contributed by atoms with Gasteiger partial charge in [0.1, 0.15) is 0 Å². The van der Waals surface area contributed by atoms with Crippen LogP contribution in [0.15, 0.2) is 0 Å². The minimum absolute atomic E-state index is 0.0618. The molecule has 0 aliphatic rings. The van der Waals surface area contributed by atoms with Crippen LogP contribution in [0.2, 0.25) is 0 Å². The lowest BCUT2D eigenvalue weighted by Crippen LogP contribution is -2.45. The van der Waals surface area contributed by atoms with E-state index in [1.54, 1.807) is 0 Å². The van der Waals surface area contributed by atoms with Crippen LogP contribution in [0.25, 0.3) is 0 Å². The standard InChI is InChI=1S/C100H202O/c1-7-13-19-25-31-37-43-49-55-61-67-73-79-85-91-97-99(93-87-81-75-69-63-57-51-45-39-33-27-21-15-9-3,94-88-82-76-70-64-58-52-46-40-34-28-22-16-10-4)101-100(95-89-83-77-71-65-59-53-47-41-35-29-23-17-11-5,96-90-84-78-72-66-60-54-48-42-36-30-24-18-12-6)98-92-86-80-74-68-62-56-50-44-38-32-26-20-14-8-2/h7-98H2,1-6H3. The third-order valence-electron chi connectivity index (χ3n) is 24.8. The maximum atomic E-state index is 8.72. The summed E-state index contributed by atoms with van der Waals surface area (Å²) in [5.74, 6) is 0. The minimum atomic E-state index is 0.0618. The van der Waals surface area contributed by atoms with Gasteiger partial charge in [0.25, 0.3) is 0 Å². The molecule has 0 unspecified atom stereocenters. The molecule has 1 nitrogen and oxygen atoms in total. The number of hydrogen-bond donors (Lipinski definition) is 0. The molecule has 0 aromatic heterocycles. The maximum absolute atomic E-state index is 8.72. The largest absolute Gasteiger partial charge is 0.369 e. The molecule has 0 N–H and O–H groups in total. The van der Waals surface area contributed by atoms with E-state index in [-0.39, 0.29) is 11.2 Å². The molecular weight excluding hydrogens is 1220 g/mol. The first-order valence-electron chi connectivity index (χ1n) is 49.8. The summed E-state index contributed by atoms with van der Waals surface area (Å²) in [4.78, 5) is 0. The Hall–Kier alpha value is -0.0400. The average Bonchev–Trinajstić information content (AvgIpc) is 0.814. The molecule has 0 atom stereocenters. The predicted octanol–water partition coefficient (Wildman–Crippen LogP) is 38.5. The first-order chi connectivity index (χ1) is 50.1. The Bertz CT molecular complexity index is 1250. The Morgan fingerprint density at radius 3 is 0.248 bits per heavy atom. The number of unbranched alkanes of at least 4 members (excludes halogenated alkanes) is 80. The van der Waals surface area contributed by atoms with Gasteiger partial charge in [0.15, 0.2) is 0 Å². The van der Waals surface area contributed by atoms with Crippen LogP contribution in [0.5, 0.6) is 0 Å². The summed E-state index contributed by atoms with van der Waals surface area (Å²) in [6, 6.07) is 0. The van der Waals surface area contributed by atoms with Crippen molar-refractivity contribution in [2.45, 2.75) is 643 Å². The Kier molecular flexibility index (Phi) is 88.8. The molecule has 0 radical (unpaired) electrons. The summed E-state index contributed by atoms with van der Waals surface area (Å²) in [7, 11) is 0. The zero-order valence-corrected chi connectivity index (χ0v) is 72.5. The molecule has 0 bridgehead atoms. The summed E-state index contributed by atoms with van der Waals surface area (Å²) in [5, 5.41) is 0. The van der Waals surface area contributed by atoms with Gasteiger partial charge in [-0.05, 0) is 38.5 Å². The van der Waals surface area contributed by atoms with Crippen molar-refractivity contribution in [1.29, 1.82) is 0 Å². The van der Waals surface area contributed by atoms with Gasteiger partial charge in [-0.1, -0.05) is 594 Å². The summed E-state index contributed by atoms with van der Waals surface area (Å²) in [6.07, 6.45) is 133. The van der Waals surface area contributed by atoms with E-state index in [0.29, 0.717) is 0 Å². The molecule has 0 rings (SSSR count). The Labute approximate surface area is 644 Å². The van der Waals surface area contributed by atoms with E-state index in [0.717, 1.165) is 0 Å². The van der Waals surface area contributed by atoms with Crippen LogP contribution < -0.4 is 0 Å². The highest BCUT2D eigenvalue weighted by Crippen LogP contribution is 2.43. The Balaban J connectivity index is 6.79. The molecule has 0 saturated heterocycles. The van der Waals surface area contributed by atoms with Gasteiger partial charge < -0.3 is 4.74 Å². The highest BCUT2D eigenvalue weighted by molar-refractivity contribution is 4.91. The Morgan fingerprint density at radius 2 is 0.168 bits per heavy atom. The zero-order valence-electron chi connectivity index (χ0n) is 72.5. The Morgan fingerprint density at radius 1 is 0.0990 bits per heavy atom. The van der Waals surface area contributed by atoms with Gasteiger partial charge in [0.05, 0.1) is 11.2 Å². The fourth-order valence-electron chi connectivity index (χ4n) is 17.7. The lowest BCUT2D eigenvalue weighted by molar-refractivity contribution is -0.182. The van der Waals surface area contributed by atoms with Gasteiger partial charge in [0.2, 0.25) is 0 Å². The molecule has 101 heavy (non-hydrogen) atoms. The smallest absolute Gasteiger partial charge is 0.0690 e. The second-order valence-electron chi connectivity index (χ2n) is 35.3. The highest BCUT2D eigenvalue weighted by Gasteiger charge is 2.40. The molecule has 0 spiro atoms. The fraction of sp³-hybridized carbons (Fsp3) is 1.00. The second kappa shape index (κ2) is 88.9. The van der Waals surface area contributed by atoms with Crippen molar-refractivity contribution in [3.8, 4) is 0 Å². The van der Waals surface area contributed by atoms with E-state index in [2.05, 4.69) is 41.5 Å². The summed E-state index contributed by atoms with van der Waals surface area (Å²) in [5.41, 5.74) is 0.124. The molecule has 1 heteroatoms. The van der Waals surface area contributed by atoms with Crippen molar-refractivity contribution in [2.24, 2.45) is 0 Å². The second-order valence-corrected chi connectivity index (χ2v) is 35.3. The average molecular weight is 1420 g/mol. The number of hydrogen-bond acceptors (Lipinski definition) is 1. The lowest BCUT2D eigenvalue weighted by Gasteiger charge is -2.46. The first kappa shape index (κ1) is 101. The molecule has 0 aliphatic heterocycles. The third kappa shape index (κ3) is 79.3. The van der Waals surface area contributed by atoms with Gasteiger partial charge in [-0.25, -0.2) is 0 Å². The third-order valence-corrected chi connectivity index (χ3v) is 24.8. The van der Waals surface area contributed by atoms with E-state index in [4.69, 9.17) is 4.74 Å². The molecule has 0 heterocycles. The molecular formula is C100H202O. The van der Waals surface area contributed by atoms with Gasteiger partial charge in [0, 0.05) is 0 Å². The van der Waals surface area contributed by atoms with Gasteiger partial charge >= 0.3 is 0 Å². The van der Waals surface area contributed by atoms with Gasteiger partial charge in [-0.15, -0.1) is 0 Å². The van der Waals surface area contributed by atoms with Crippen LogP contribution in [-0.4, -0.2) is 11.2 Å². The molecule has 0 aliphatic carbocycles. The minimum Gasteiger partial charge on any atom is -0.369 e. The van der Waals surface area contributed by atoms with Crippen molar-refractivity contribution in [2.75, 3.05) is 0 Å². The zero-order chi connectivity index (χ0) is 72.8. The molecule has 0 aromatic rings. The first-order valence-corrected chi connectivity index (χ1v) is 49.8. The van der Waals surface area contributed by atoms with E-state index in [1.165, 1.54) is 591 Å². The molecule has 0 aromatic carbocycles. The highest BCUT2D eigenvalue weighted by atomic mass is 16.5. The van der Waals surface area contributed by atoms with E-state index in [1.807, 2.05) is 0 Å². The number of rotatable bonds is 94. The van der Waals surface area contributed by atoms with Gasteiger partial charge in [-0.2, -0.15) is 0 Å². The molecule has 0 amide bonds. The van der Waals surface area contributed by atoms with Crippen LogP contribution >= 0.6 is 0 Å². The van der Waals surface area contributed by atoms with Crippen LogP contribution in [0.3, 0.4) is 0 Å². The fourth-order valence-corrected chi connectivity index (χ4v) is 17.7. The molecule has 0 saturated carbocycles. The topological polar surface area (TPSA) is 9.23 Å². The van der Waals surface area contributed by atoms with Crippen LogP contribution in [0.4, 0.5) is 0 Å². The SMILES string of the molecule is CCCCCCCCCCCCCCCCCC(CCCCCCCCCCCCCCCC)(CCCCCCCCCCCCCCCC)OC(CCCCCCCCCCCCCCCC)(CCCCCCCCCCCCCCCC)CCCCCCCCCCCCCCCCC. The van der Waals surface area contributed by atoms with Crippen LogP contribution in [0, 0.1) is 0 Å². The van der Waals surface area contributed by atoms with Gasteiger partial charge in [-0.3, -0.25) is 0 Å². The summed E-state index contributed by atoms with van der Waals surface area (Å²) in [6.45, 7) is 14.1. The monoisotopic (exact) mass is 1420 g/mol. The van der Waals surface area contributed by atoms with Crippen molar-refractivity contribution in [3.05, 3.63) is 0 Å². The van der Waals surface area contributed by atoms with E-state index >= 15 is 0 Å². The summed E-state index contributed by atoms with van der Waals surface area (Å²) >= 11 is 0. The lowest BCUT2D eigenvalue weighted by atomic mass is 9.80. The van der Waals surface area contributed by atoms with Crippen LogP contribution in [0.1, 0.15) is 632 Å². The van der Waals surface area contributed by atoms with Crippen molar-refractivity contribution >= 4 is 0 Å². The van der Waals surface area contributed by atoms with E-state index in [9.17, 15) is 0 Å². The molecule has 0 fully saturated rings. The van der Waals surface area contributed by atoms with Crippen molar-refractivity contribution in [3.63, 3.8) is 0 Å².